The van der Waals surface area contributed by atoms with Crippen LogP contribution in [0.25, 0.3) is 11.0 Å². The average molecular weight is 520 g/mol. The number of carbonyl (C=O) groups is 2. The van der Waals surface area contributed by atoms with Crippen LogP contribution in [0.2, 0.25) is 0 Å². The van der Waals surface area contributed by atoms with E-state index in [1.807, 2.05) is 24.3 Å². The summed E-state index contributed by atoms with van der Waals surface area (Å²) < 4.78 is 18.0. The summed E-state index contributed by atoms with van der Waals surface area (Å²) >= 11 is 0. The van der Waals surface area contributed by atoms with Crippen molar-refractivity contribution in [2.24, 2.45) is 5.92 Å². The number of rotatable bonds is 12. The van der Waals surface area contributed by atoms with Crippen molar-refractivity contribution in [3.8, 4) is 11.5 Å². The van der Waals surface area contributed by atoms with E-state index in [9.17, 15) is 9.59 Å². The number of nitrogens with one attached hydrogen (secondary N) is 1. The van der Waals surface area contributed by atoms with E-state index in [-0.39, 0.29) is 24.9 Å². The molecule has 2 aromatic carbocycles. The Labute approximate surface area is 221 Å². The number of carbonyl (C=O) groups excluding carboxylic acids is 2. The van der Waals surface area contributed by atoms with Gasteiger partial charge in [-0.25, -0.2) is 4.68 Å². The molecule has 0 saturated carbocycles. The summed E-state index contributed by atoms with van der Waals surface area (Å²) in [5, 5.41) is 11.3. The molecule has 10 heteroatoms. The van der Waals surface area contributed by atoms with Gasteiger partial charge in [-0.15, -0.1) is 5.10 Å². The minimum absolute atomic E-state index is 0.0784. The van der Waals surface area contributed by atoms with Gasteiger partial charge in [0.2, 0.25) is 11.8 Å². The van der Waals surface area contributed by atoms with E-state index >= 15 is 0 Å². The summed E-state index contributed by atoms with van der Waals surface area (Å²) in [6.07, 6.45) is 2.35. The first kappa shape index (κ1) is 26.7. The summed E-state index contributed by atoms with van der Waals surface area (Å²) in [7, 11) is 3.07. The summed E-state index contributed by atoms with van der Waals surface area (Å²) in [5.41, 5.74) is 1.98. The normalized spacial score (nSPS) is 11.9. The summed E-state index contributed by atoms with van der Waals surface area (Å²) in [5.74, 6) is 1.31. The first-order valence-corrected chi connectivity index (χ1v) is 12.5. The molecule has 0 aliphatic rings. The molecule has 1 N–H and O–H groups in total. The second-order valence-corrected chi connectivity index (χ2v) is 9.33. The van der Waals surface area contributed by atoms with Crippen molar-refractivity contribution in [1.29, 1.82) is 0 Å². The van der Waals surface area contributed by atoms with Crippen molar-refractivity contribution in [3.05, 3.63) is 72.2 Å². The molecule has 4 aromatic rings. The number of aromatic nitrogens is 3. The number of hydrogen-bond donors (Lipinski definition) is 1. The first-order chi connectivity index (χ1) is 18.4. The first-order valence-electron chi connectivity index (χ1n) is 12.5. The third-order valence-corrected chi connectivity index (χ3v) is 6.24. The van der Waals surface area contributed by atoms with Crippen LogP contribution in [0.4, 0.5) is 0 Å². The Bertz CT molecular complexity index is 1370. The van der Waals surface area contributed by atoms with E-state index < -0.39 is 6.04 Å². The van der Waals surface area contributed by atoms with E-state index in [0.29, 0.717) is 40.8 Å². The Morgan fingerprint density at radius 2 is 1.84 bits per heavy atom. The van der Waals surface area contributed by atoms with E-state index in [2.05, 4.69) is 29.5 Å². The minimum Gasteiger partial charge on any atom is -0.493 e. The van der Waals surface area contributed by atoms with E-state index in [0.717, 1.165) is 11.9 Å². The zero-order chi connectivity index (χ0) is 27.1. The number of methoxy groups -OCH3 is 2. The van der Waals surface area contributed by atoms with Gasteiger partial charge in [-0.2, -0.15) is 0 Å². The van der Waals surface area contributed by atoms with Gasteiger partial charge in [-0.05, 0) is 54.3 Å². The number of benzene rings is 2. The molecule has 1 atom stereocenters. The van der Waals surface area contributed by atoms with Gasteiger partial charge in [-0.1, -0.05) is 37.3 Å². The topological polar surface area (TPSA) is 112 Å². The van der Waals surface area contributed by atoms with Crippen LogP contribution in [0.5, 0.6) is 11.5 Å². The maximum Gasteiger partial charge on any atom is 0.247 e. The van der Waals surface area contributed by atoms with Crippen LogP contribution in [-0.2, 0) is 22.7 Å². The highest BCUT2D eigenvalue weighted by molar-refractivity contribution is 5.89. The van der Waals surface area contributed by atoms with Crippen LogP contribution in [0, 0.1) is 5.92 Å². The Morgan fingerprint density at radius 1 is 1.05 bits per heavy atom. The highest BCUT2D eigenvalue weighted by Crippen LogP contribution is 2.33. The lowest BCUT2D eigenvalue weighted by Crippen LogP contribution is -2.45. The van der Waals surface area contributed by atoms with E-state index in [4.69, 9.17) is 13.9 Å². The Kier molecular flexibility index (Phi) is 8.62. The fourth-order valence-corrected chi connectivity index (χ4v) is 4.22. The lowest BCUT2D eigenvalue weighted by molar-refractivity contribution is -0.142. The molecule has 0 spiro atoms. The van der Waals surface area contributed by atoms with Crippen molar-refractivity contribution in [2.45, 2.75) is 39.4 Å². The van der Waals surface area contributed by atoms with Gasteiger partial charge in [0.05, 0.1) is 32.5 Å². The number of amides is 2. The molecule has 38 heavy (non-hydrogen) atoms. The number of furan rings is 1. The predicted molar refractivity (Wildman–Crippen MR) is 142 cm³/mol. The largest absolute Gasteiger partial charge is 0.493 e. The minimum atomic E-state index is -0.964. The van der Waals surface area contributed by atoms with Gasteiger partial charge >= 0.3 is 0 Å². The highest BCUT2D eigenvalue weighted by Gasteiger charge is 2.33. The molecule has 2 aromatic heterocycles. The molecule has 0 saturated heterocycles. The van der Waals surface area contributed by atoms with Gasteiger partial charge in [0.1, 0.15) is 23.9 Å². The molecule has 0 fully saturated rings. The summed E-state index contributed by atoms with van der Waals surface area (Å²) in [6.45, 7) is 4.64. The maximum absolute atomic E-state index is 13.9. The fourth-order valence-electron chi connectivity index (χ4n) is 4.22. The number of hydrogen-bond acceptors (Lipinski definition) is 7. The summed E-state index contributed by atoms with van der Waals surface area (Å²) in [4.78, 5) is 29.1. The predicted octanol–water partition coefficient (Wildman–Crippen LogP) is 3.97. The monoisotopic (exact) mass is 519 g/mol. The molecule has 0 aliphatic carbocycles. The molecule has 2 heterocycles. The number of para-hydroxylation sites is 1. The molecule has 0 bridgehead atoms. The van der Waals surface area contributed by atoms with Crippen molar-refractivity contribution in [1.82, 2.24) is 25.2 Å². The Balaban J connectivity index is 1.74. The van der Waals surface area contributed by atoms with E-state index in [1.165, 1.54) is 23.0 Å². The molecule has 4 rings (SSSR count). The van der Waals surface area contributed by atoms with Gasteiger partial charge in [0.15, 0.2) is 11.5 Å². The quantitative estimate of drug-likeness (QED) is 0.301. The molecule has 200 valence electrons. The van der Waals surface area contributed by atoms with Gasteiger partial charge < -0.3 is 24.1 Å². The van der Waals surface area contributed by atoms with Gasteiger partial charge in [0.25, 0.3) is 0 Å². The lowest BCUT2D eigenvalue weighted by Gasteiger charge is -2.31. The Hall–Kier alpha value is -4.34. The fraction of sp³-hybridized carbons (Fsp3) is 0.357. The van der Waals surface area contributed by atoms with Crippen molar-refractivity contribution in [3.63, 3.8) is 0 Å². The van der Waals surface area contributed by atoms with Crippen LogP contribution in [-0.4, -0.2) is 52.5 Å². The number of ether oxygens (including phenoxy) is 2. The number of fused-ring (bicyclic) bond motifs is 1. The van der Waals surface area contributed by atoms with Crippen LogP contribution in [0.3, 0.4) is 0 Å². The number of nitrogens with zero attached hydrogens (tertiary/aromatic N) is 4. The van der Waals surface area contributed by atoms with Gasteiger partial charge in [-0.3, -0.25) is 9.59 Å². The summed E-state index contributed by atoms with van der Waals surface area (Å²) in [6, 6.07) is 15.2. The Morgan fingerprint density at radius 3 is 2.55 bits per heavy atom. The third-order valence-electron chi connectivity index (χ3n) is 6.24. The molecule has 0 unspecified atom stereocenters. The van der Waals surface area contributed by atoms with Crippen molar-refractivity contribution >= 4 is 22.8 Å². The zero-order valence-corrected chi connectivity index (χ0v) is 22.1. The van der Waals surface area contributed by atoms with Crippen molar-refractivity contribution < 1.29 is 23.5 Å². The van der Waals surface area contributed by atoms with E-state index in [1.54, 1.807) is 37.4 Å². The second-order valence-electron chi connectivity index (χ2n) is 9.33. The van der Waals surface area contributed by atoms with Crippen LogP contribution < -0.4 is 14.8 Å². The lowest BCUT2D eigenvalue weighted by atomic mass is 10.0. The standard InChI is InChI=1S/C28H33N5O5/c1-19(2)13-14-29-28(35)27(20-11-12-24(36-3)25(16-20)37-4)32(17-21-8-7-15-38-21)26(34)18-33-23-10-6-5-9-22(23)30-31-33/h5-12,15-16,19,27H,13-14,17-18H2,1-4H3,(H,29,35)/t27-/m0/s1. The molecular formula is C28H33N5O5. The zero-order valence-electron chi connectivity index (χ0n) is 22.1. The highest BCUT2D eigenvalue weighted by atomic mass is 16.5. The molecule has 2 amide bonds. The van der Waals surface area contributed by atoms with Crippen molar-refractivity contribution in [2.75, 3.05) is 20.8 Å². The maximum atomic E-state index is 13.9. The molecular weight excluding hydrogens is 486 g/mol. The SMILES string of the molecule is COc1ccc([C@@H](C(=O)NCCC(C)C)N(Cc2ccco2)C(=O)Cn2nnc3ccccc32)cc1OC. The van der Waals surface area contributed by atoms with Gasteiger partial charge in [0, 0.05) is 6.54 Å². The third kappa shape index (κ3) is 6.13. The molecule has 10 nitrogen and oxygen atoms in total. The second kappa shape index (κ2) is 12.3. The smallest absolute Gasteiger partial charge is 0.247 e. The molecule has 0 radical (unpaired) electrons. The van der Waals surface area contributed by atoms with Crippen LogP contribution >= 0.6 is 0 Å². The van der Waals surface area contributed by atoms with Crippen LogP contribution in [0.15, 0.2) is 65.3 Å². The average Bonchev–Trinajstić information content (AvgIpc) is 3.58. The van der Waals surface area contributed by atoms with Crippen LogP contribution in [0.1, 0.15) is 37.6 Å². The molecule has 0 aliphatic heterocycles.